The second-order valence-corrected chi connectivity index (χ2v) is 6.20. The Hall–Kier alpha value is -1.13. The summed E-state index contributed by atoms with van der Waals surface area (Å²) in [5.74, 6) is 0. The van der Waals surface area contributed by atoms with Crippen molar-refractivity contribution in [2.24, 2.45) is 0 Å². The smallest absolute Gasteiger partial charge is 0.0440 e. The van der Waals surface area contributed by atoms with E-state index in [1.54, 1.807) is 0 Å². The monoisotopic (exact) mass is 276 g/mol. The summed E-state index contributed by atoms with van der Waals surface area (Å²) in [6.45, 7) is 7.55. The van der Waals surface area contributed by atoms with Gasteiger partial charge in [0.2, 0.25) is 0 Å². The number of hydrogen-bond donors (Lipinski definition) is 1. The van der Waals surface area contributed by atoms with E-state index in [1.165, 1.54) is 30.6 Å². The van der Waals surface area contributed by atoms with Crippen LogP contribution in [0.15, 0.2) is 18.5 Å². The maximum Gasteiger partial charge on any atom is 0.0440 e. The van der Waals surface area contributed by atoms with E-state index in [-0.39, 0.29) is 0 Å². The van der Waals surface area contributed by atoms with Crippen LogP contribution >= 0.6 is 0 Å². The Kier molecular flexibility index (Phi) is 5.38. The Bertz CT molecular complexity index is 419. The van der Waals surface area contributed by atoms with Crippen molar-refractivity contribution in [3.63, 3.8) is 0 Å². The number of nitrogens with one attached hydrogen (secondary N) is 1. The molecule has 0 aromatic carbocycles. The molecule has 0 spiro atoms. The molecule has 1 N–H and O–H groups in total. The Labute approximate surface area is 123 Å². The highest BCUT2D eigenvalue weighted by molar-refractivity contribution is 5.51. The first-order chi connectivity index (χ1) is 9.58. The van der Waals surface area contributed by atoms with Crippen molar-refractivity contribution in [3.05, 3.63) is 24.0 Å². The van der Waals surface area contributed by atoms with Crippen LogP contribution in [0.2, 0.25) is 0 Å². The van der Waals surface area contributed by atoms with Gasteiger partial charge in [0.15, 0.2) is 0 Å². The molecule has 1 aromatic heterocycles. The van der Waals surface area contributed by atoms with Gasteiger partial charge in [-0.05, 0) is 32.5 Å². The van der Waals surface area contributed by atoms with Crippen molar-refractivity contribution in [1.82, 2.24) is 15.2 Å². The molecule has 1 aliphatic heterocycles. The Balaban J connectivity index is 2.02. The van der Waals surface area contributed by atoms with Crippen molar-refractivity contribution in [1.29, 1.82) is 0 Å². The predicted octanol–water partition coefficient (Wildman–Crippen LogP) is 2.11. The Morgan fingerprint density at radius 3 is 2.95 bits per heavy atom. The van der Waals surface area contributed by atoms with Crippen molar-refractivity contribution in [3.8, 4) is 0 Å². The summed E-state index contributed by atoms with van der Waals surface area (Å²) < 4.78 is 0. The molecular formula is C16H28N4. The van der Waals surface area contributed by atoms with E-state index in [2.05, 4.69) is 54.1 Å². The van der Waals surface area contributed by atoms with E-state index in [0.717, 1.165) is 13.1 Å². The molecule has 2 rings (SSSR count). The molecule has 1 aromatic rings. The minimum absolute atomic E-state index is 0.495. The van der Waals surface area contributed by atoms with Crippen LogP contribution < -0.4 is 10.2 Å². The van der Waals surface area contributed by atoms with Crippen LogP contribution in [0.3, 0.4) is 0 Å². The van der Waals surface area contributed by atoms with Gasteiger partial charge in [-0.2, -0.15) is 0 Å². The standard InChI is InChI=1S/C16H28N4/c1-13(2)18-11-14-10-17-8-7-16(14)20(4)12-15-6-5-9-19(15)3/h7-8,10,13,15,18H,5-6,9,11-12H2,1-4H3. The fourth-order valence-electron chi connectivity index (χ4n) is 2.87. The van der Waals surface area contributed by atoms with Crippen LogP contribution in [0.1, 0.15) is 32.3 Å². The Morgan fingerprint density at radius 2 is 2.30 bits per heavy atom. The largest absolute Gasteiger partial charge is 0.373 e. The lowest BCUT2D eigenvalue weighted by atomic mass is 10.1. The first-order valence-corrected chi connectivity index (χ1v) is 7.65. The number of anilines is 1. The second kappa shape index (κ2) is 7.04. The quantitative estimate of drug-likeness (QED) is 0.862. The van der Waals surface area contributed by atoms with Crippen LogP contribution in [-0.4, -0.2) is 49.2 Å². The van der Waals surface area contributed by atoms with Gasteiger partial charge in [0.25, 0.3) is 0 Å². The molecule has 1 saturated heterocycles. The van der Waals surface area contributed by atoms with Gasteiger partial charge in [-0.25, -0.2) is 0 Å². The van der Waals surface area contributed by atoms with Crippen molar-refractivity contribution >= 4 is 5.69 Å². The van der Waals surface area contributed by atoms with Crippen LogP contribution in [0.25, 0.3) is 0 Å². The molecule has 0 radical (unpaired) electrons. The number of aromatic nitrogens is 1. The van der Waals surface area contributed by atoms with Crippen LogP contribution in [0, 0.1) is 0 Å². The topological polar surface area (TPSA) is 31.4 Å². The molecule has 0 bridgehead atoms. The predicted molar refractivity (Wildman–Crippen MR) is 85.1 cm³/mol. The molecule has 20 heavy (non-hydrogen) atoms. The third-order valence-corrected chi connectivity index (χ3v) is 4.15. The molecule has 4 nitrogen and oxygen atoms in total. The van der Waals surface area contributed by atoms with E-state index in [1.807, 2.05) is 12.4 Å². The van der Waals surface area contributed by atoms with Crippen LogP contribution in [0.5, 0.6) is 0 Å². The lowest BCUT2D eigenvalue weighted by molar-refractivity contribution is 0.314. The molecule has 2 heterocycles. The average Bonchev–Trinajstić information content (AvgIpc) is 2.82. The number of likely N-dealkylation sites (tertiary alicyclic amines) is 1. The number of likely N-dealkylation sites (N-methyl/N-ethyl adjacent to an activating group) is 2. The summed E-state index contributed by atoms with van der Waals surface area (Å²) in [6, 6.07) is 3.31. The summed E-state index contributed by atoms with van der Waals surface area (Å²) in [6.07, 6.45) is 6.52. The zero-order chi connectivity index (χ0) is 14.5. The van der Waals surface area contributed by atoms with Gasteiger partial charge in [-0.3, -0.25) is 4.98 Å². The number of nitrogens with zero attached hydrogens (tertiary/aromatic N) is 3. The lowest BCUT2D eigenvalue weighted by Crippen LogP contribution is -2.37. The highest BCUT2D eigenvalue weighted by Gasteiger charge is 2.22. The molecule has 1 atom stereocenters. The van der Waals surface area contributed by atoms with Crippen LogP contribution in [0.4, 0.5) is 5.69 Å². The third-order valence-electron chi connectivity index (χ3n) is 4.15. The maximum absolute atomic E-state index is 4.28. The van der Waals surface area contributed by atoms with Crippen molar-refractivity contribution in [2.75, 3.05) is 32.1 Å². The van der Waals surface area contributed by atoms with E-state index in [0.29, 0.717) is 12.1 Å². The van der Waals surface area contributed by atoms with Crippen molar-refractivity contribution < 1.29 is 0 Å². The summed E-state index contributed by atoms with van der Waals surface area (Å²) in [5.41, 5.74) is 2.58. The number of rotatable bonds is 6. The van der Waals surface area contributed by atoms with Gasteiger partial charge >= 0.3 is 0 Å². The van der Waals surface area contributed by atoms with Gasteiger partial charge in [0.1, 0.15) is 0 Å². The number of hydrogen-bond acceptors (Lipinski definition) is 4. The number of pyridine rings is 1. The first kappa shape index (κ1) is 15.3. The van der Waals surface area contributed by atoms with Gasteiger partial charge in [0, 0.05) is 55.9 Å². The zero-order valence-corrected chi connectivity index (χ0v) is 13.3. The van der Waals surface area contributed by atoms with E-state index in [4.69, 9.17) is 0 Å². The molecule has 1 fully saturated rings. The fourth-order valence-corrected chi connectivity index (χ4v) is 2.87. The normalized spacial score (nSPS) is 19.8. The third kappa shape index (κ3) is 3.93. The highest BCUT2D eigenvalue weighted by atomic mass is 15.2. The first-order valence-electron chi connectivity index (χ1n) is 7.65. The molecular weight excluding hydrogens is 248 g/mol. The molecule has 112 valence electrons. The molecule has 0 saturated carbocycles. The minimum atomic E-state index is 0.495. The van der Waals surface area contributed by atoms with Gasteiger partial charge < -0.3 is 15.1 Å². The Morgan fingerprint density at radius 1 is 1.50 bits per heavy atom. The summed E-state index contributed by atoms with van der Waals surface area (Å²) in [4.78, 5) is 9.13. The molecule has 0 aliphatic carbocycles. The SMILES string of the molecule is CC(C)NCc1cnccc1N(C)CC1CCCN1C. The lowest BCUT2D eigenvalue weighted by Gasteiger charge is -2.29. The second-order valence-electron chi connectivity index (χ2n) is 6.20. The van der Waals surface area contributed by atoms with Gasteiger partial charge in [-0.1, -0.05) is 13.8 Å². The zero-order valence-electron chi connectivity index (χ0n) is 13.3. The van der Waals surface area contributed by atoms with Crippen LogP contribution in [-0.2, 0) is 6.54 Å². The maximum atomic E-state index is 4.28. The molecule has 1 unspecified atom stereocenters. The fraction of sp³-hybridized carbons (Fsp3) is 0.688. The molecule has 4 heteroatoms. The van der Waals surface area contributed by atoms with E-state index < -0.39 is 0 Å². The average molecular weight is 276 g/mol. The summed E-state index contributed by atoms with van der Waals surface area (Å²) in [7, 11) is 4.43. The highest BCUT2D eigenvalue weighted by Crippen LogP contribution is 2.22. The minimum Gasteiger partial charge on any atom is -0.373 e. The van der Waals surface area contributed by atoms with Crippen molar-refractivity contribution in [2.45, 2.75) is 45.3 Å². The molecule has 1 aliphatic rings. The van der Waals surface area contributed by atoms with Gasteiger partial charge in [-0.15, -0.1) is 0 Å². The summed E-state index contributed by atoms with van der Waals surface area (Å²) >= 11 is 0. The van der Waals surface area contributed by atoms with Gasteiger partial charge in [0.05, 0.1) is 0 Å². The summed E-state index contributed by atoms with van der Waals surface area (Å²) in [5, 5.41) is 3.48. The van der Waals surface area contributed by atoms with E-state index >= 15 is 0 Å². The van der Waals surface area contributed by atoms with E-state index in [9.17, 15) is 0 Å². The molecule has 0 amide bonds.